The van der Waals surface area contributed by atoms with Crippen molar-refractivity contribution in [3.05, 3.63) is 54.1 Å². The van der Waals surface area contributed by atoms with E-state index in [1.54, 1.807) is 0 Å². The van der Waals surface area contributed by atoms with Crippen LogP contribution in [0.5, 0.6) is 5.75 Å². The molecule has 0 amide bonds. The van der Waals surface area contributed by atoms with Gasteiger partial charge in [0.15, 0.2) is 5.78 Å². The molecule has 0 aliphatic rings. The Morgan fingerprint density at radius 3 is 1.86 bits per heavy atom. The molecule has 0 spiro atoms. The highest BCUT2D eigenvalue weighted by Crippen LogP contribution is 2.25. The second-order valence-corrected chi connectivity index (χ2v) is 6.53. The molecule has 2 heteroatoms. The van der Waals surface area contributed by atoms with Gasteiger partial charge in [-0.2, -0.15) is 0 Å². The minimum atomic E-state index is -0.347. The first kappa shape index (κ1) is 16.3. The zero-order chi connectivity index (χ0) is 16.2. The molecule has 116 valence electrons. The number of ketones is 1. The molecule has 0 aliphatic carbocycles. The van der Waals surface area contributed by atoms with Gasteiger partial charge in [0.2, 0.25) is 0 Å². The SMILES string of the molecule is CCCOc1ccc(-c2ccc(C(=O)C(C)(C)C)cc2)cc1. The van der Waals surface area contributed by atoms with Gasteiger partial charge in [-0.25, -0.2) is 0 Å². The lowest BCUT2D eigenvalue weighted by atomic mass is 9.86. The fourth-order valence-electron chi connectivity index (χ4n) is 2.21. The van der Waals surface area contributed by atoms with Gasteiger partial charge < -0.3 is 4.74 Å². The molecular weight excluding hydrogens is 272 g/mol. The highest BCUT2D eigenvalue weighted by molar-refractivity contribution is 6.00. The van der Waals surface area contributed by atoms with E-state index in [0.717, 1.165) is 35.5 Å². The van der Waals surface area contributed by atoms with Crippen LogP contribution in [-0.2, 0) is 0 Å². The third-order valence-corrected chi connectivity index (χ3v) is 3.49. The average Bonchev–Trinajstić information content (AvgIpc) is 2.52. The minimum absolute atomic E-state index is 0.169. The molecular formula is C20H24O2. The summed E-state index contributed by atoms with van der Waals surface area (Å²) < 4.78 is 5.59. The number of benzene rings is 2. The summed E-state index contributed by atoms with van der Waals surface area (Å²) >= 11 is 0. The van der Waals surface area contributed by atoms with E-state index < -0.39 is 0 Å². The van der Waals surface area contributed by atoms with Gasteiger partial charge >= 0.3 is 0 Å². The molecule has 0 aliphatic heterocycles. The van der Waals surface area contributed by atoms with Crippen molar-refractivity contribution < 1.29 is 9.53 Å². The summed E-state index contributed by atoms with van der Waals surface area (Å²) in [7, 11) is 0. The number of ether oxygens (including phenoxy) is 1. The van der Waals surface area contributed by atoms with Crippen LogP contribution in [0, 0.1) is 5.41 Å². The summed E-state index contributed by atoms with van der Waals surface area (Å²) in [5.41, 5.74) is 2.64. The fourth-order valence-corrected chi connectivity index (χ4v) is 2.21. The van der Waals surface area contributed by atoms with Gasteiger partial charge in [0.1, 0.15) is 5.75 Å². The first-order valence-corrected chi connectivity index (χ1v) is 7.80. The number of hydrogen-bond donors (Lipinski definition) is 0. The van der Waals surface area contributed by atoms with E-state index in [2.05, 4.69) is 6.92 Å². The van der Waals surface area contributed by atoms with E-state index in [0.29, 0.717) is 0 Å². The first-order valence-electron chi connectivity index (χ1n) is 7.80. The van der Waals surface area contributed by atoms with Crippen LogP contribution in [0.25, 0.3) is 11.1 Å². The van der Waals surface area contributed by atoms with Crippen LogP contribution in [0.1, 0.15) is 44.5 Å². The minimum Gasteiger partial charge on any atom is -0.494 e. The van der Waals surface area contributed by atoms with E-state index >= 15 is 0 Å². The van der Waals surface area contributed by atoms with Crippen molar-refractivity contribution in [1.82, 2.24) is 0 Å². The number of hydrogen-bond acceptors (Lipinski definition) is 2. The quantitative estimate of drug-likeness (QED) is 0.693. The lowest BCUT2D eigenvalue weighted by molar-refractivity contribution is 0.0858. The first-order chi connectivity index (χ1) is 10.4. The van der Waals surface area contributed by atoms with E-state index in [4.69, 9.17) is 4.74 Å². The molecule has 2 nitrogen and oxygen atoms in total. The number of rotatable bonds is 5. The van der Waals surface area contributed by atoms with Gasteiger partial charge in [0.05, 0.1) is 6.61 Å². The summed E-state index contributed by atoms with van der Waals surface area (Å²) in [6.45, 7) is 8.66. The third kappa shape index (κ3) is 3.97. The molecule has 0 fully saturated rings. The lowest BCUT2D eigenvalue weighted by Crippen LogP contribution is -2.19. The molecule has 2 rings (SSSR count). The number of carbonyl (C=O) groups is 1. The lowest BCUT2D eigenvalue weighted by Gasteiger charge is -2.16. The van der Waals surface area contributed by atoms with Crippen LogP contribution in [0.4, 0.5) is 0 Å². The maximum absolute atomic E-state index is 12.2. The van der Waals surface area contributed by atoms with Gasteiger partial charge in [-0.05, 0) is 29.7 Å². The Balaban J connectivity index is 2.15. The van der Waals surface area contributed by atoms with Crippen molar-refractivity contribution in [1.29, 1.82) is 0 Å². The summed E-state index contributed by atoms with van der Waals surface area (Å²) in [4.78, 5) is 12.2. The van der Waals surface area contributed by atoms with E-state index in [9.17, 15) is 4.79 Å². The maximum Gasteiger partial charge on any atom is 0.168 e. The zero-order valence-electron chi connectivity index (χ0n) is 13.8. The van der Waals surface area contributed by atoms with Crippen molar-refractivity contribution in [3.63, 3.8) is 0 Å². The fraction of sp³-hybridized carbons (Fsp3) is 0.350. The Morgan fingerprint density at radius 2 is 1.41 bits per heavy atom. The highest BCUT2D eigenvalue weighted by Gasteiger charge is 2.22. The van der Waals surface area contributed by atoms with Crippen LogP contribution in [0.2, 0.25) is 0 Å². The largest absolute Gasteiger partial charge is 0.494 e. The normalized spacial score (nSPS) is 11.3. The molecule has 0 saturated carbocycles. The molecule has 22 heavy (non-hydrogen) atoms. The second kappa shape index (κ2) is 6.78. The topological polar surface area (TPSA) is 26.3 Å². The van der Waals surface area contributed by atoms with Crippen molar-refractivity contribution >= 4 is 5.78 Å². The van der Waals surface area contributed by atoms with Crippen LogP contribution in [0.3, 0.4) is 0 Å². The molecule has 0 saturated heterocycles. The predicted octanol–water partition coefficient (Wildman–Crippen LogP) is 5.37. The Morgan fingerprint density at radius 1 is 0.909 bits per heavy atom. The summed E-state index contributed by atoms with van der Waals surface area (Å²) in [6.07, 6.45) is 1.00. The highest BCUT2D eigenvalue weighted by atomic mass is 16.5. The van der Waals surface area contributed by atoms with Crippen LogP contribution < -0.4 is 4.74 Å². The predicted molar refractivity (Wildman–Crippen MR) is 91.4 cm³/mol. The number of carbonyl (C=O) groups excluding carboxylic acids is 1. The molecule has 2 aromatic carbocycles. The molecule has 0 radical (unpaired) electrons. The van der Waals surface area contributed by atoms with Gasteiger partial charge in [0, 0.05) is 11.0 Å². The van der Waals surface area contributed by atoms with Crippen molar-refractivity contribution in [2.75, 3.05) is 6.61 Å². The molecule has 0 atom stereocenters. The Kier molecular flexibility index (Phi) is 5.02. The molecule has 0 bridgehead atoms. The smallest absolute Gasteiger partial charge is 0.168 e. The monoisotopic (exact) mass is 296 g/mol. The maximum atomic E-state index is 12.2. The molecule has 0 heterocycles. The van der Waals surface area contributed by atoms with E-state index in [1.807, 2.05) is 69.3 Å². The molecule has 0 N–H and O–H groups in total. The standard InChI is InChI=1S/C20H24O2/c1-5-14-22-18-12-10-16(11-13-18)15-6-8-17(9-7-15)19(21)20(2,3)4/h6-13H,5,14H2,1-4H3. The van der Waals surface area contributed by atoms with Crippen molar-refractivity contribution in [3.8, 4) is 16.9 Å². The molecule has 2 aromatic rings. The van der Waals surface area contributed by atoms with E-state index in [1.165, 1.54) is 0 Å². The second-order valence-electron chi connectivity index (χ2n) is 6.53. The summed E-state index contributed by atoms with van der Waals surface area (Å²) in [6, 6.07) is 15.9. The van der Waals surface area contributed by atoms with Crippen molar-refractivity contribution in [2.24, 2.45) is 5.41 Å². The summed E-state index contributed by atoms with van der Waals surface area (Å²) in [5.74, 6) is 1.06. The Hall–Kier alpha value is -2.09. The zero-order valence-corrected chi connectivity index (χ0v) is 13.8. The van der Waals surface area contributed by atoms with Crippen LogP contribution in [0.15, 0.2) is 48.5 Å². The van der Waals surface area contributed by atoms with Crippen molar-refractivity contribution in [2.45, 2.75) is 34.1 Å². The third-order valence-electron chi connectivity index (χ3n) is 3.49. The van der Waals surface area contributed by atoms with Crippen LogP contribution >= 0.6 is 0 Å². The average molecular weight is 296 g/mol. The molecule has 0 unspecified atom stereocenters. The van der Waals surface area contributed by atoms with E-state index in [-0.39, 0.29) is 11.2 Å². The van der Waals surface area contributed by atoms with Gasteiger partial charge in [-0.1, -0.05) is 64.1 Å². The van der Waals surface area contributed by atoms with Gasteiger partial charge in [-0.3, -0.25) is 4.79 Å². The number of Topliss-reactive ketones (excluding diaryl/α,β-unsaturated/α-hetero) is 1. The van der Waals surface area contributed by atoms with Crippen LogP contribution in [-0.4, -0.2) is 12.4 Å². The van der Waals surface area contributed by atoms with Gasteiger partial charge in [0.25, 0.3) is 0 Å². The molecule has 0 aromatic heterocycles. The Labute approximate surface area is 133 Å². The Bertz CT molecular complexity index is 616. The summed E-state index contributed by atoms with van der Waals surface area (Å²) in [5, 5.41) is 0. The van der Waals surface area contributed by atoms with Gasteiger partial charge in [-0.15, -0.1) is 0 Å².